The smallest absolute Gasteiger partial charge is 0.0974 e. The minimum Gasteiger partial charge on any atom is -0.390 e. The van der Waals surface area contributed by atoms with E-state index in [1.54, 1.807) is 7.11 Å². The summed E-state index contributed by atoms with van der Waals surface area (Å²) in [6.07, 6.45) is 2.86. The molecule has 70 valence electrons. The molecule has 0 radical (unpaired) electrons. The van der Waals surface area contributed by atoms with Gasteiger partial charge in [0.05, 0.1) is 11.7 Å². The SMILES string of the molecule is CO[C@@]12C[C@@H]1C(C)(C)CC[C@@H]2O. The lowest BCUT2D eigenvalue weighted by Gasteiger charge is -2.37. The fourth-order valence-corrected chi connectivity index (χ4v) is 2.85. The maximum absolute atomic E-state index is 9.78. The third-order valence-electron chi connectivity index (χ3n) is 3.90. The van der Waals surface area contributed by atoms with Gasteiger partial charge < -0.3 is 9.84 Å². The summed E-state index contributed by atoms with van der Waals surface area (Å²) in [7, 11) is 1.73. The molecule has 0 aromatic carbocycles. The van der Waals surface area contributed by atoms with Gasteiger partial charge in [-0.1, -0.05) is 13.8 Å². The van der Waals surface area contributed by atoms with E-state index in [1.165, 1.54) is 0 Å². The number of methoxy groups -OCH3 is 1. The van der Waals surface area contributed by atoms with Crippen LogP contribution in [-0.4, -0.2) is 23.9 Å². The third kappa shape index (κ3) is 0.882. The van der Waals surface area contributed by atoms with Crippen LogP contribution in [0.3, 0.4) is 0 Å². The van der Waals surface area contributed by atoms with Gasteiger partial charge in [0.15, 0.2) is 0 Å². The molecule has 2 saturated carbocycles. The maximum Gasteiger partial charge on any atom is 0.0974 e. The highest BCUT2D eigenvalue weighted by atomic mass is 16.5. The lowest BCUT2D eigenvalue weighted by atomic mass is 9.75. The van der Waals surface area contributed by atoms with Gasteiger partial charge in [-0.25, -0.2) is 0 Å². The number of ether oxygens (including phenoxy) is 1. The van der Waals surface area contributed by atoms with Gasteiger partial charge in [0.1, 0.15) is 0 Å². The highest BCUT2D eigenvalue weighted by Crippen LogP contribution is 2.63. The second-order valence-electron chi connectivity index (χ2n) is 4.96. The number of aliphatic hydroxyl groups is 1. The highest BCUT2D eigenvalue weighted by Gasteiger charge is 2.67. The van der Waals surface area contributed by atoms with Crippen LogP contribution in [0, 0.1) is 11.3 Å². The van der Waals surface area contributed by atoms with Crippen molar-refractivity contribution in [3.8, 4) is 0 Å². The van der Waals surface area contributed by atoms with Gasteiger partial charge >= 0.3 is 0 Å². The fourth-order valence-electron chi connectivity index (χ4n) is 2.85. The zero-order valence-electron chi connectivity index (χ0n) is 8.13. The molecule has 2 rings (SSSR count). The Morgan fingerprint density at radius 2 is 2.08 bits per heavy atom. The van der Waals surface area contributed by atoms with E-state index < -0.39 is 0 Å². The van der Waals surface area contributed by atoms with E-state index >= 15 is 0 Å². The van der Waals surface area contributed by atoms with Crippen LogP contribution in [0.5, 0.6) is 0 Å². The molecule has 2 nitrogen and oxygen atoms in total. The lowest BCUT2D eigenvalue weighted by Crippen LogP contribution is -2.41. The Morgan fingerprint density at radius 1 is 1.42 bits per heavy atom. The van der Waals surface area contributed by atoms with E-state index in [9.17, 15) is 5.11 Å². The van der Waals surface area contributed by atoms with Gasteiger partial charge in [0, 0.05) is 7.11 Å². The van der Waals surface area contributed by atoms with Crippen LogP contribution < -0.4 is 0 Å². The Balaban J connectivity index is 2.19. The van der Waals surface area contributed by atoms with Crippen molar-refractivity contribution in [2.24, 2.45) is 11.3 Å². The summed E-state index contributed by atoms with van der Waals surface area (Å²) in [5.41, 5.74) is 0.205. The standard InChI is InChI=1S/C10H18O2/c1-9(2)5-4-8(11)10(12-3)6-7(9)10/h7-8,11H,4-6H2,1-3H3/t7-,8+,10+/m1/s1. The van der Waals surface area contributed by atoms with Crippen molar-refractivity contribution in [3.05, 3.63) is 0 Å². The molecule has 0 amide bonds. The predicted molar refractivity (Wildman–Crippen MR) is 46.9 cm³/mol. The Morgan fingerprint density at radius 3 is 2.58 bits per heavy atom. The summed E-state index contributed by atoms with van der Waals surface area (Å²) in [6.45, 7) is 4.56. The molecule has 2 fully saturated rings. The molecule has 3 atom stereocenters. The van der Waals surface area contributed by atoms with E-state index in [4.69, 9.17) is 4.74 Å². The van der Waals surface area contributed by atoms with Crippen LogP contribution in [0.25, 0.3) is 0 Å². The summed E-state index contributed by atoms with van der Waals surface area (Å²) >= 11 is 0. The largest absolute Gasteiger partial charge is 0.390 e. The van der Waals surface area contributed by atoms with Crippen LogP contribution in [0.1, 0.15) is 33.1 Å². The third-order valence-corrected chi connectivity index (χ3v) is 3.90. The van der Waals surface area contributed by atoms with Crippen molar-refractivity contribution in [2.75, 3.05) is 7.11 Å². The van der Waals surface area contributed by atoms with Crippen molar-refractivity contribution in [1.82, 2.24) is 0 Å². The quantitative estimate of drug-likeness (QED) is 0.647. The molecule has 0 aliphatic heterocycles. The van der Waals surface area contributed by atoms with Crippen LogP contribution in [0.4, 0.5) is 0 Å². The first-order valence-corrected chi connectivity index (χ1v) is 4.76. The number of fused-ring (bicyclic) bond motifs is 1. The molecule has 1 N–H and O–H groups in total. The minimum atomic E-state index is -0.222. The summed E-state index contributed by atoms with van der Waals surface area (Å²) in [5.74, 6) is 0.582. The summed E-state index contributed by atoms with van der Waals surface area (Å²) < 4.78 is 5.45. The van der Waals surface area contributed by atoms with Gasteiger partial charge in [-0.05, 0) is 30.6 Å². The summed E-state index contributed by atoms with van der Waals surface area (Å²) in [5, 5.41) is 9.78. The van der Waals surface area contributed by atoms with E-state index in [0.717, 1.165) is 19.3 Å². The molecule has 0 bridgehead atoms. The van der Waals surface area contributed by atoms with E-state index in [1.807, 2.05) is 0 Å². The molecule has 0 aromatic rings. The predicted octanol–water partition coefficient (Wildman–Crippen LogP) is 1.57. The van der Waals surface area contributed by atoms with Crippen molar-refractivity contribution >= 4 is 0 Å². The average molecular weight is 170 g/mol. The van der Waals surface area contributed by atoms with Crippen molar-refractivity contribution in [1.29, 1.82) is 0 Å². The molecule has 0 spiro atoms. The molecule has 0 unspecified atom stereocenters. The van der Waals surface area contributed by atoms with Gasteiger partial charge in [-0.2, -0.15) is 0 Å². The van der Waals surface area contributed by atoms with Crippen LogP contribution in [-0.2, 0) is 4.74 Å². The second-order valence-corrected chi connectivity index (χ2v) is 4.96. The van der Waals surface area contributed by atoms with E-state index in [2.05, 4.69) is 13.8 Å². The minimum absolute atomic E-state index is 0.165. The molecule has 0 aromatic heterocycles. The topological polar surface area (TPSA) is 29.5 Å². The first-order valence-electron chi connectivity index (χ1n) is 4.76. The maximum atomic E-state index is 9.78. The molecular weight excluding hydrogens is 152 g/mol. The average Bonchev–Trinajstić information content (AvgIpc) is 2.75. The Labute approximate surface area is 73.9 Å². The molecule has 2 aliphatic rings. The Bertz CT molecular complexity index is 200. The first-order chi connectivity index (χ1) is 5.53. The first kappa shape index (κ1) is 8.52. The monoisotopic (exact) mass is 170 g/mol. The number of hydrogen-bond donors (Lipinski definition) is 1. The van der Waals surface area contributed by atoms with Crippen LogP contribution >= 0.6 is 0 Å². The zero-order valence-corrected chi connectivity index (χ0v) is 8.13. The molecule has 0 heterocycles. The normalized spacial score (nSPS) is 50.0. The molecule has 2 heteroatoms. The Kier molecular flexibility index (Phi) is 1.59. The molecule has 0 saturated heterocycles. The number of hydrogen-bond acceptors (Lipinski definition) is 2. The number of aliphatic hydroxyl groups excluding tert-OH is 1. The van der Waals surface area contributed by atoms with Gasteiger partial charge in [0.2, 0.25) is 0 Å². The van der Waals surface area contributed by atoms with Crippen molar-refractivity contribution in [3.63, 3.8) is 0 Å². The van der Waals surface area contributed by atoms with Crippen molar-refractivity contribution in [2.45, 2.75) is 44.8 Å². The van der Waals surface area contributed by atoms with Crippen LogP contribution in [0.15, 0.2) is 0 Å². The molecule has 2 aliphatic carbocycles. The highest BCUT2D eigenvalue weighted by molar-refractivity contribution is 5.17. The van der Waals surface area contributed by atoms with Crippen molar-refractivity contribution < 1.29 is 9.84 Å². The van der Waals surface area contributed by atoms with Gasteiger partial charge in [-0.3, -0.25) is 0 Å². The second kappa shape index (κ2) is 2.24. The summed E-state index contributed by atoms with van der Waals surface area (Å²) in [4.78, 5) is 0. The van der Waals surface area contributed by atoms with E-state index in [-0.39, 0.29) is 11.7 Å². The van der Waals surface area contributed by atoms with Gasteiger partial charge in [-0.15, -0.1) is 0 Å². The molecular formula is C10H18O2. The molecule has 12 heavy (non-hydrogen) atoms. The summed E-state index contributed by atoms with van der Waals surface area (Å²) in [6, 6.07) is 0. The Hall–Kier alpha value is -0.0800. The van der Waals surface area contributed by atoms with Crippen LogP contribution in [0.2, 0.25) is 0 Å². The number of rotatable bonds is 1. The van der Waals surface area contributed by atoms with E-state index in [0.29, 0.717) is 11.3 Å². The lowest BCUT2D eigenvalue weighted by molar-refractivity contribution is -0.0824. The van der Waals surface area contributed by atoms with Gasteiger partial charge in [0.25, 0.3) is 0 Å². The zero-order chi connectivity index (χ0) is 8.98. The fraction of sp³-hybridized carbons (Fsp3) is 1.00.